The molecular formula is C21H30O3. The van der Waals surface area contributed by atoms with E-state index in [-0.39, 0.29) is 16.8 Å². The molecule has 1 saturated heterocycles. The summed E-state index contributed by atoms with van der Waals surface area (Å²) in [7, 11) is 0. The second kappa shape index (κ2) is 5.80. The molecular weight excluding hydrogens is 300 g/mol. The first-order chi connectivity index (χ1) is 11.1. The number of fused-ring (bicyclic) bond motifs is 1. The summed E-state index contributed by atoms with van der Waals surface area (Å²) < 4.78 is 17.6. The van der Waals surface area contributed by atoms with Gasteiger partial charge in [0.15, 0.2) is 0 Å². The lowest BCUT2D eigenvalue weighted by Crippen LogP contribution is -2.24. The maximum Gasteiger partial charge on any atom is 0.127 e. The van der Waals surface area contributed by atoms with Gasteiger partial charge in [-0.25, -0.2) is 0 Å². The zero-order valence-electron chi connectivity index (χ0n) is 15.9. The van der Waals surface area contributed by atoms with Crippen LogP contribution in [-0.2, 0) is 11.2 Å². The van der Waals surface area contributed by atoms with Crippen LogP contribution in [0.1, 0.15) is 59.9 Å². The Balaban J connectivity index is 1.48. The Morgan fingerprint density at radius 3 is 2.58 bits per heavy atom. The highest BCUT2D eigenvalue weighted by Gasteiger charge is 2.59. The average Bonchev–Trinajstić information content (AvgIpc) is 2.81. The lowest BCUT2D eigenvalue weighted by atomic mass is 9.91. The molecule has 0 bridgehead atoms. The molecule has 2 aliphatic rings. The fraction of sp³-hybridized carbons (Fsp3) is 0.619. The van der Waals surface area contributed by atoms with E-state index in [9.17, 15) is 0 Å². The number of ether oxygens (including phenoxy) is 3. The Morgan fingerprint density at radius 1 is 1.21 bits per heavy atom. The van der Waals surface area contributed by atoms with Gasteiger partial charge in [-0.1, -0.05) is 11.6 Å². The summed E-state index contributed by atoms with van der Waals surface area (Å²) in [5.41, 5.74) is 2.57. The predicted octanol–water partition coefficient (Wildman–Crippen LogP) is 5.07. The number of allylic oxidation sites excluding steroid dienone is 1. The van der Waals surface area contributed by atoms with Gasteiger partial charge in [-0.15, -0.1) is 0 Å². The molecule has 0 aliphatic carbocycles. The van der Waals surface area contributed by atoms with E-state index in [2.05, 4.69) is 53.7 Å². The zero-order chi connectivity index (χ0) is 17.6. The Bertz CT molecular complexity index is 657. The molecule has 1 atom stereocenters. The smallest absolute Gasteiger partial charge is 0.127 e. The van der Waals surface area contributed by atoms with Crippen molar-refractivity contribution in [2.75, 3.05) is 6.61 Å². The normalized spacial score (nSPS) is 26.7. The van der Waals surface area contributed by atoms with Crippen LogP contribution in [0, 0.1) is 0 Å². The van der Waals surface area contributed by atoms with Gasteiger partial charge in [0.05, 0.1) is 11.2 Å². The molecule has 2 aliphatic heterocycles. The highest BCUT2D eigenvalue weighted by atomic mass is 16.6. The van der Waals surface area contributed by atoms with E-state index in [4.69, 9.17) is 14.2 Å². The van der Waals surface area contributed by atoms with Crippen molar-refractivity contribution in [1.29, 1.82) is 0 Å². The first-order valence-corrected chi connectivity index (χ1v) is 8.91. The third kappa shape index (κ3) is 3.61. The van der Waals surface area contributed by atoms with Crippen LogP contribution in [0.5, 0.6) is 11.5 Å². The molecule has 1 fully saturated rings. The fourth-order valence-corrected chi connectivity index (χ4v) is 3.37. The predicted molar refractivity (Wildman–Crippen MR) is 96.9 cm³/mol. The van der Waals surface area contributed by atoms with Crippen molar-refractivity contribution in [1.82, 2.24) is 0 Å². The SMILES string of the molecule is C/C(=C\COc1ccc2c(c1)OC(C)(C)C2)CCC1(C)OC1(C)C. The molecule has 0 saturated carbocycles. The number of epoxide rings is 1. The van der Waals surface area contributed by atoms with Crippen molar-refractivity contribution in [3.8, 4) is 11.5 Å². The molecule has 1 aromatic carbocycles. The maximum atomic E-state index is 5.96. The average molecular weight is 330 g/mol. The third-order valence-corrected chi connectivity index (χ3v) is 5.43. The van der Waals surface area contributed by atoms with E-state index in [0.29, 0.717) is 6.61 Å². The van der Waals surface area contributed by atoms with Gasteiger partial charge in [0, 0.05) is 12.5 Å². The highest BCUT2D eigenvalue weighted by Crippen LogP contribution is 2.50. The van der Waals surface area contributed by atoms with Gasteiger partial charge in [0.1, 0.15) is 23.7 Å². The van der Waals surface area contributed by atoms with Crippen molar-refractivity contribution in [2.45, 2.75) is 77.6 Å². The van der Waals surface area contributed by atoms with E-state index in [1.165, 1.54) is 11.1 Å². The third-order valence-electron chi connectivity index (χ3n) is 5.43. The lowest BCUT2D eigenvalue weighted by molar-refractivity contribution is 0.138. The van der Waals surface area contributed by atoms with Crippen LogP contribution in [-0.4, -0.2) is 23.4 Å². The maximum absolute atomic E-state index is 5.96. The van der Waals surface area contributed by atoms with E-state index in [0.717, 1.165) is 30.8 Å². The Kier molecular flexibility index (Phi) is 4.19. The number of hydrogen-bond acceptors (Lipinski definition) is 3. The second-order valence-corrected chi connectivity index (χ2v) is 8.51. The monoisotopic (exact) mass is 330 g/mol. The van der Waals surface area contributed by atoms with Gasteiger partial charge in [-0.3, -0.25) is 0 Å². The molecule has 3 nitrogen and oxygen atoms in total. The van der Waals surface area contributed by atoms with Crippen molar-refractivity contribution >= 4 is 0 Å². The summed E-state index contributed by atoms with van der Waals surface area (Å²) in [6, 6.07) is 6.16. The van der Waals surface area contributed by atoms with Crippen LogP contribution >= 0.6 is 0 Å². The molecule has 0 radical (unpaired) electrons. The standard InChI is InChI=1S/C21H30O3/c1-15(9-11-21(6)20(4,5)24-21)10-12-22-17-8-7-16-14-19(2,3)23-18(16)13-17/h7-8,10,13H,9,11-12,14H2,1-6H3/b15-10+. The van der Waals surface area contributed by atoms with Crippen molar-refractivity contribution in [3.63, 3.8) is 0 Å². The van der Waals surface area contributed by atoms with E-state index in [1.54, 1.807) is 0 Å². The molecule has 132 valence electrons. The van der Waals surface area contributed by atoms with Crippen molar-refractivity contribution < 1.29 is 14.2 Å². The summed E-state index contributed by atoms with van der Waals surface area (Å²) in [6.07, 6.45) is 5.23. The van der Waals surface area contributed by atoms with Gasteiger partial charge in [-0.2, -0.15) is 0 Å². The van der Waals surface area contributed by atoms with Gasteiger partial charge in [0.25, 0.3) is 0 Å². The van der Waals surface area contributed by atoms with E-state index < -0.39 is 0 Å². The minimum absolute atomic E-state index is 0.0297. The molecule has 3 rings (SSSR count). The largest absolute Gasteiger partial charge is 0.489 e. The summed E-state index contributed by atoms with van der Waals surface area (Å²) in [4.78, 5) is 0. The first kappa shape index (κ1) is 17.3. The van der Waals surface area contributed by atoms with Gasteiger partial charge in [-0.05, 0) is 72.1 Å². The van der Waals surface area contributed by atoms with Gasteiger partial charge >= 0.3 is 0 Å². The molecule has 0 N–H and O–H groups in total. The van der Waals surface area contributed by atoms with Crippen LogP contribution in [0.15, 0.2) is 29.8 Å². The number of benzene rings is 1. The van der Waals surface area contributed by atoms with E-state index >= 15 is 0 Å². The van der Waals surface area contributed by atoms with Crippen LogP contribution in [0.3, 0.4) is 0 Å². The summed E-state index contributed by atoms with van der Waals surface area (Å²) in [5, 5.41) is 0. The summed E-state index contributed by atoms with van der Waals surface area (Å²) >= 11 is 0. The molecule has 3 heteroatoms. The molecule has 0 spiro atoms. The number of rotatable bonds is 6. The number of hydrogen-bond donors (Lipinski definition) is 0. The molecule has 2 heterocycles. The van der Waals surface area contributed by atoms with Crippen LogP contribution < -0.4 is 9.47 Å². The molecule has 1 aromatic rings. The fourth-order valence-electron chi connectivity index (χ4n) is 3.37. The zero-order valence-corrected chi connectivity index (χ0v) is 15.9. The van der Waals surface area contributed by atoms with Crippen LogP contribution in [0.2, 0.25) is 0 Å². The van der Waals surface area contributed by atoms with Crippen molar-refractivity contribution in [3.05, 3.63) is 35.4 Å². The summed E-state index contributed by atoms with van der Waals surface area (Å²) in [5.74, 6) is 1.83. The lowest BCUT2D eigenvalue weighted by Gasteiger charge is -2.16. The Hall–Kier alpha value is -1.48. The van der Waals surface area contributed by atoms with E-state index in [1.807, 2.05) is 12.1 Å². The minimum Gasteiger partial charge on any atom is -0.489 e. The van der Waals surface area contributed by atoms with Gasteiger partial charge < -0.3 is 14.2 Å². The quantitative estimate of drug-likeness (QED) is 0.539. The topological polar surface area (TPSA) is 31.0 Å². The first-order valence-electron chi connectivity index (χ1n) is 8.91. The highest BCUT2D eigenvalue weighted by molar-refractivity contribution is 5.44. The molecule has 0 aromatic heterocycles. The minimum atomic E-state index is -0.105. The van der Waals surface area contributed by atoms with Crippen LogP contribution in [0.25, 0.3) is 0 Å². The Morgan fingerprint density at radius 2 is 1.92 bits per heavy atom. The summed E-state index contributed by atoms with van der Waals surface area (Å²) in [6.45, 7) is 13.5. The molecule has 0 amide bonds. The van der Waals surface area contributed by atoms with Crippen LogP contribution in [0.4, 0.5) is 0 Å². The molecule has 1 unspecified atom stereocenters. The van der Waals surface area contributed by atoms with Gasteiger partial charge in [0.2, 0.25) is 0 Å². The van der Waals surface area contributed by atoms with Crippen molar-refractivity contribution in [2.24, 2.45) is 0 Å². The second-order valence-electron chi connectivity index (χ2n) is 8.51. The Labute approximate surface area is 146 Å². The molecule has 24 heavy (non-hydrogen) atoms.